The minimum Gasteiger partial charge on any atom is -0.348 e. The maximum Gasteiger partial charge on any atom is 0.251 e. The molecule has 1 heterocycles. The topological polar surface area (TPSA) is 93.1 Å². The molecule has 0 aliphatic rings. The van der Waals surface area contributed by atoms with Crippen LogP contribution in [0.4, 0.5) is 5.69 Å². The summed E-state index contributed by atoms with van der Waals surface area (Å²) in [6, 6.07) is 16.0. The Morgan fingerprint density at radius 2 is 1.85 bits per heavy atom. The first-order valence-electron chi connectivity index (χ1n) is 8.28. The number of aryl methyl sites for hydroxylation is 1. The average Bonchev–Trinajstić information content (AvgIpc) is 3.05. The Hall–Kier alpha value is -3.13. The molecule has 2 aromatic carbocycles. The van der Waals surface area contributed by atoms with Crippen LogP contribution in [0.3, 0.4) is 0 Å². The number of aromatic nitrogens is 2. The molecular weight excluding hydrogens is 364 g/mol. The standard InChI is InChI=1S/C19H20N4O3S/c1-14-10-11-21-23(14)18-8-6-16(7-9-18)19(24)20-13-15-4-3-5-17(12-15)22-27(2,25)26/h3-12,22H,13H2,1-2H3,(H,20,24). The number of benzene rings is 2. The largest absolute Gasteiger partial charge is 0.348 e. The zero-order valence-corrected chi connectivity index (χ0v) is 15.8. The Bertz CT molecular complexity index is 1060. The van der Waals surface area contributed by atoms with E-state index in [4.69, 9.17) is 0 Å². The SMILES string of the molecule is Cc1ccnn1-c1ccc(C(=O)NCc2cccc(NS(C)(=O)=O)c2)cc1. The van der Waals surface area contributed by atoms with Crippen molar-refractivity contribution in [3.05, 3.63) is 77.6 Å². The van der Waals surface area contributed by atoms with E-state index in [9.17, 15) is 13.2 Å². The van der Waals surface area contributed by atoms with Crippen LogP contribution in [0, 0.1) is 6.92 Å². The fraction of sp³-hybridized carbons (Fsp3) is 0.158. The summed E-state index contributed by atoms with van der Waals surface area (Å²) in [7, 11) is -3.34. The van der Waals surface area contributed by atoms with Crippen molar-refractivity contribution >= 4 is 21.6 Å². The van der Waals surface area contributed by atoms with Gasteiger partial charge in [0.1, 0.15) is 0 Å². The fourth-order valence-electron chi connectivity index (χ4n) is 2.64. The van der Waals surface area contributed by atoms with Crippen LogP contribution in [0.15, 0.2) is 60.8 Å². The molecule has 27 heavy (non-hydrogen) atoms. The van der Waals surface area contributed by atoms with Crippen LogP contribution in [0.5, 0.6) is 0 Å². The molecule has 0 atom stereocenters. The normalized spacial score (nSPS) is 11.2. The van der Waals surface area contributed by atoms with Crippen molar-refractivity contribution < 1.29 is 13.2 Å². The Morgan fingerprint density at radius 3 is 2.48 bits per heavy atom. The van der Waals surface area contributed by atoms with Gasteiger partial charge in [0.15, 0.2) is 0 Å². The number of sulfonamides is 1. The summed E-state index contributed by atoms with van der Waals surface area (Å²) in [5.74, 6) is -0.208. The van der Waals surface area contributed by atoms with E-state index in [-0.39, 0.29) is 12.5 Å². The van der Waals surface area contributed by atoms with Gasteiger partial charge in [-0.2, -0.15) is 5.10 Å². The van der Waals surface area contributed by atoms with E-state index < -0.39 is 10.0 Å². The summed E-state index contributed by atoms with van der Waals surface area (Å²) < 4.78 is 26.8. The average molecular weight is 384 g/mol. The van der Waals surface area contributed by atoms with E-state index in [1.165, 1.54) is 0 Å². The lowest BCUT2D eigenvalue weighted by atomic mass is 10.1. The van der Waals surface area contributed by atoms with Gasteiger partial charge < -0.3 is 5.32 Å². The monoisotopic (exact) mass is 384 g/mol. The van der Waals surface area contributed by atoms with E-state index in [1.807, 2.05) is 31.2 Å². The second-order valence-corrected chi connectivity index (χ2v) is 7.94. The molecule has 1 aromatic heterocycles. The molecule has 0 saturated heterocycles. The predicted molar refractivity (Wildman–Crippen MR) is 104 cm³/mol. The molecule has 3 aromatic rings. The highest BCUT2D eigenvalue weighted by atomic mass is 32.2. The van der Waals surface area contributed by atoms with E-state index >= 15 is 0 Å². The van der Waals surface area contributed by atoms with Gasteiger partial charge in [-0.05, 0) is 55.0 Å². The van der Waals surface area contributed by atoms with Crippen LogP contribution in [-0.4, -0.2) is 30.4 Å². The highest BCUT2D eigenvalue weighted by Gasteiger charge is 2.08. The number of hydrogen-bond acceptors (Lipinski definition) is 4. The number of anilines is 1. The Kier molecular flexibility index (Phi) is 5.27. The third-order valence-corrected chi connectivity index (χ3v) is 4.50. The van der Waals surface area contributed by atoms with Crippen molar-refractivity contribution in [1.29, 1.82) is 0 Å². The van der Waals surface area contributed by atoms with Gasteiger partial charge in [0.05, 0.1) is 11.9 Å². The molecule has 0 unspecified atom stereocenters. The van der Waals surface area contributed by atoms with Crippen molar-refractivity contribution in [3.63, 3.8) is 0 Å². The first-order valence-corrected chi connectivity index (χ1v) is 10.2. The summed E-state index contributed by atoms with van der Waals surface area (Å²) in [5, 5.41) is 7.07. The van der Waals surface area contributed by atoms with E-state index in [1.54, 1.807) is 41.2 Å². The van der Waals surface area contributed by atoms with Gasteiger partial charge in [0.25, 0.3) is 5.91 Å². The molecule has 0 spiro atoms. The van der Waals surface area contributed by atoms with Gasteiger partial charge in [-0.1, -0.05) is 12.1 Å². The van der Waals surface area contributed by atoms with E-state index in [0.717, 1.165) is 23.2 Å². The summed E-state index contributed by atoms with van der Waals surface area (Å²) >= 11 is 0. The quantitative estimate of drug-likeness (QED) is 0.683. The van der Waals surface area contributed by atoms with Crippen molar-refractivity contribution in [1.82, 2.24) is 15.1 Å². The van der Waals surface area contributed by atoms with Crippen molar-refractivity contribution in [2.75, 3.05) is 11.0 Å². The summed E-state index contributed by atoms with van der Waals surface area (Å²) in [6.07, 6.45) is 2.82. The van der Waals surface area contributed by atoms with Crippen LogP contribution >= 0.6 is 0 Å². The van der Waals surface area contributed by atoms with Crippen LogP contribution in [-0.2, 0) is 16.6 Å². The minimum atomic E-state index is -3.34. The molecule has 140 valence electrons. The second-order valence-electron chi connectivity index (χ2n) is 6.19. The molecule has 0 saturated carbocycles. The number of nitrogens with zero attached hydrogens (tertiary/aromatic N) is 2. The molecule has 7 nitrogen and oxygen atoms in total. The smallest absolute Gasteiger partial charge is 0.251 e. The summed E-state index contributed by atoms with van der Waals surface area (Å²) in [4.78, 5) is 12.4. The molecule has 1 amide bonds. The number of amides is 1. The van der Waals surface area contributed by atoms with Gasteiger partial charge in [-0.25, -0.2) is 13.1 Å². The van der Waals surface area contributed by atoms with Crippen LogP contribution in [0.1, 0.15) is 21.6 Å². The highest BCUT2D eigenvalue weighted by molar-refractivity contribution is 7.92. The molecule has 2 N–H and O–H groups in total. The summed E-state index contributed by atoms with van der Waals surface area (Å²) in [6.45, 7) is 2.25. The summed E-state index contributed by atoms with van der Waals surface area (Å²) in [5.41, 5.74) is 3.68. The Balaban J connectivity index is 1.64. The molecule has 0 radical (unpaired) electrons. The van der Waals surface area contributed by atoms with Gasteiger partial charge in [0, 0.05) is 29.7 Å². The van der Waals surface area contributed by atoms with Crippen LogP contribution in [0.25, 0.3) is 5.69 Å². The third kappa shape index (κ3) is 4.95. The molecule has 0 aliphatic carbocycles. The molecule has 0 aliphatic heterocycles. The maximum absolute atomic E-state index is 12.4. The first-order chi connectivity index (χ1) is 12.8. The van der Waals surface area contributed by atoms with Gasteiger partial charge in [-0.3, -0.25) is 9.52 Å². The fourth-order valence-corrected chi connectivity index (χ4v) is 3.19. The molecule has 8 heteroatoms. The molecule has 3 rings (SSSR count). The molecular formula is C19H20N4O3S. The lowest BCUT2D eigenvalue weighted by Gasteiger charge is -2.09. The van der Waals surface area contributed by atoms with Crippen molar-refractivity contribution in [2.24, 2.45) is 0 Å². The zero-order chi connectivity index (χ0) is 19.4. The van der Waals surface area contributed by atoms with Gasteiger partial charge in [-0.15, -0.1) is 0 Å². The minimum absolute atomic E-state index is 0.208. The Labute approximate surface area is 158 Å². The first kappa shape index (κ1) is 18.7. The Morgan fingerprint density at radius 1 is 1.11 bits per heavy atom. The van der Waals surface area contributed by atoms with E-state index in [0.29, 0.717) is 11.3 Å². The number of carbonyl (C=O) groups excluding carboxylic acids is 1. The lowest BCUT2D eigenvalue weighted by molar-refractivity contribution is 0.0951. The zero-order valence-electron chi connectivity index (χ0n) is 15.0. The van der Waals surface area contributed by atoms with Crippen LogP contribution < -0.4 is 10.0 Å². The number of hydrogen-bond donors (Lipinski definition) is 2. The van der Waals surface area contributed by atoms with Gasteiger partial charge in [0.2, 0.25) is 10.0 Å². The van der Waals surface area contributed by atoms with Crippen molar-refractivity contribution in [3.8, 4) is 5.69 Å². The number of carbonyl (C=O) groups is 1. The lowest BCUT2D eigenvalue weighted by Crippen LogP contribution is -2.22. The number of nitrogens with one attached hydrogen (secondary N) is 2. The maximum atomic E-state index is 12.4. The highest BCUT2D eigenvalue weighted by Crippen LogP contribution is 2.13. The van der Waals surface area contributed by atoms with Crippen molar-refractivity contribution in [2.45, 2.75) is 13.5 Å². The van der Waals surface area contributed by atoms with Crippen LogP contribution in [0.2, 0.25) is 0 Å². The predicted octanol–water partition coefficient (Wildman–Crippen LogP) is 2.48. The second kappa shape index (κ2) is 7.63. The molecule has 0 bridgehead atoms. The van der Waals surface area contributed by atoms with E-state index in [2.05, 4.69) is 15.1 Å². The number of rotatable bonds is 6. The third-order valence-electron chi connectivity index (χ3n) is 3.89. The molecule has 0 fully saturated rings. The van der Waals surface area contributed by atoms with Gasteiger partial charge >= 0.3 is 0 Å².